The minimum atomic E-state index is 0.724. The summed E-state index contributed by atoms with van der Waals surface area (Å²) in [5.41, 5.74) is 9.83. The Kier molecular flexibility index (Phi) is 7.80. The summed E-state index contributed by atoms with van der Waals surface area (Å²) >= 11 is 0. The maximum Gasteiger partial charge on any atom is 0.0657 e. The van der Waals surface area contributed by atoms with Gasteiger partial charge in [-0.15, -0.1) is 0 Å². The average molecular weight is 265 g/mol. The van der Waals surface area contributed by atoms with E-state index < -0.39 is 0 Å². The van der Waals surface area contributed by atoms with Crippen molar-refractivity contribution in [3.63, 3.8) is 0 Å². The van der Waals surface area contributed by atoms with Crippen molar-refractivity contribution in [2.75, 3.05) is 6.54 Å². The van der Waals surface area contributed by atoms with Crippen LogP contribution in [0.5, 0.6) is 0 Å². The van der Waals surface area contributed by atoms with E-state index >= 15 is 0 Å². The van der Waals surface area contributed by atoms with Crippen molar-refractivity contribution in [1.82, 2.24) is 9.78 Å². The second-order valence-electron chi connectivity index (χ2n) is 5.26. The minimum absolute atomic E-state index is 0.724. The summed E-state index contributed by atoms with van der Waals surface area (Å²) in [6.45, 7) is 8.47. The number of nitrogens with zero attached hydrogens (tertiary/aromatic N) is 2. The van der Waals surface area contributed by atoms with Crippen LogP contribution in [0.25, 0.3) is 0 Å². The molecule has 19 heavy (non-hydrogen) atoms. The Balaban J connectivity index is 2.65. The molecule has 1 aromatic rings. The lowest BCUT2D eigenvalue weighted by atomic mass is 10.1. The first-order chi connectivity index (χ1) is 9.28. The van der Waals surface area contributed by atoms with Gasteiger partial charge in [-0.1, -0.05) is 46.5 Å². The molecule has 0 aliphatic rings. The molecule has 110 valence electrons. The van der Waals surface area contributed by atoms with Gasteiger partial charge in [0, 0.05) is 12.2 Å². The molecule has 0 aliphatic heterocycles. The molecule has 1 aromatic heterocycles. The van der Waals surface area contributed by atoms with Crippen LogP contribution in [0.3, 0.4) is 0 Å². The van der Waals surface area contributed by atoms with Crippen molar-refractivity contribution in [3.05, 3.63) is 17.0 Å². The number of unbranched alkanes of at least 4 members (excludes halogenated alkanes) is 4. The molecule has 0 saturated heterocycles. The minimum Gasteiger partial charge on any atom is -0.330 e. The van der Waals surface area contributed by atoms with E-state index in [9.17, 15) is 0 Å². The molecule has 0 aromatic carbocycles. The van der Waals surface area contributed by atoms with Crippen LogP contribution in [0.15, 0.2) is 0 Å². The topological polar surface area (TPSA) is 43.8 Å². The lowest BCUT2D eigenvalue weighted by Crippen LogP contribution is -2.08. The van der Waals surface area contributed by atoms with E-state index in [0.717, 1.165) is 32.4 Å². The molecule has 0 spiro atoms. The molecular formula is C16H31N3. The molecular weight excluding hydrogens is 234 g/mol. The van der Waals surface area contributed by atoms with Crippen LogP contribution in [0.2, 0.25) is 0 Å². The van der Waals surface area contributed by atoms with Gasteiger partial charge in [-0.3, -0.25) is 4.68 Å². The van der Waals surface area contributed by atoms with Crippen LogP contribution in [-0.4, -0.2) is 16.3 Å². The van der Waals surface area contributed by atoms with Crippen LogP contribution in [0.1, 0.15) is 69.8 Å². The summed E-state index contributed by atoms with van der Waals surface area (Å²) in [6, 6.07) is 0. The molecule has 0 aliphatic carbocycles. The number of aromatic nitrogens is 2. The van der Waals surface area contributed by atoms with E-state index in [-0.39, 0.29) is 0 Å². The molecule has 3 nitrogen and oxygen atoms in total. The molecule has 1 rings (SSSR count). The van der Waals surface area contributed by atoms with Crippen molar-refractivity contribution < 1.29 is 0 Å². The molecule has 0 amide bonds. The quantitative estimate of drug-likeness (QED) is 0.658. The van der Waals surface area contributed by atoms with Crippen LogP contribution in [0.4, 0.5) is 0 Å². The van der Waals surface area contributed by atoms with E-state index in [2.05, 4.69) is 25.5 Å². The number of nitrogens with two attached hydrogens (primary N) is 1. The zero-order valence-electron chi connectivity index (χ0n) is 13.0. The van der Waals surface area contributed by atoms with E-state index in [4.69, 9.17) is 10.8 Å². The number of hydrogen-bond donors (Lipinski definition) is 1. The number of rotatable bonds is 10. The third-order valence-electron chi connectivity index (χ3n) is 3.79. The maximum absolute atomic E-state index is 5.73. The fourth-order valence-electron chi connectivity index (χ4n) is 2.75. The van der Waals surface area contributed by atoms with Gasteiger partial charge in [0.15, 0.2) is 0 Å². The Hall–Kier alpha value is -0.830. The van der Waals surface area contributed by atoms with Crippen LogP contribution in [-0.2, 0) is 25.8 Å². The summed E-state index contributed by atoms with van der Waals surface area (Å²) in [6.07, 6.45) is 9.66. The van der Waals surface area contributed by atoms with Gasteiger partial charge in [-0.25, -0.2) is 0 Å². The van der Waals surface area contributed by atoms with Gasteiger partial charge in [-0.2, -0.15) is 5.10 Å². The molecule has 0 radical (unpaired) electrons. The lowest BCUT2D eigenvalue weighted by Gasteiger charge is -2.07. The van der Waals surface area contributed by atoms with Gasteiger partial charge < -0.3 is 5.73 Å². The fraction of sp³-hybridized carbons (Fsp3) is 0.812. The van der Waals surface area contributed by atoms with Crippen molar-refractivity contribution in [2.45, 2.75) is 78.7 Å². The van der Waals surface area contributed by atoms with Gasteiger partial charge in [-0.05, 0) is 37.8 Å². The summed E-state index contributed by atoms with van der Waals surface area (Å²) in [4.78, 5) is 0. The summed E-state index contributed by atoms with van der Waals surface area (Å²) in [5.74, 6) is 0. The van der Waals surface area contributed by atoms with Crippen molar-refractivity contribution in [1.29, 1.82) is 0 Å². The van der Waals surface area contributed by atoms with E-state index in [1.807, 2.05) is 0 Å². The lowest BCUT2D eigenvalue weighted by molar-refractivity contribution is 0.516. The second kappa shape index (κ2) is 9.13. The maximum atomic E-state index is 5.73. The first kappa shape index (κ1) is 16.2. The monoisotopic (exact) mass is 265 g/mol. The van der Waals surface area contributed by atoms with Crippen LogP contribution >= 0.6 is 0 Å². The average Bonchev–Trinajstić information content (AvgIpc) is 2.76. The van der Waals surface area contributed by atoms with Gasteiger partial charge in [0.1, 0.15) is 0 Å². The van der Waals surface area contributed by atoms with Crippen LogP contribution in [0, 0.1) is 0 Å². The SMILES string of the molecule is CCCCCCCn1nc(CC)c(CCN)c1CC. The van der Waals surface area contributed by atoms with Crippen LogP contribution < -0.4 is 5.73 Å². The zero-order chi connectivity index (χ0) is 14.1. The molecule has 3 heteroatoms. The van der Waals surface area contributed by atoms with Gasteiger partial charge in [0.05, 0.1) is 5.69 Å². The number of aryl methyl sites for hydroxylation is 2. The van der Waals surface area contributed by atoms with Crippen molar-refractivity contribution in [2.24, 2.45) is 5.73 Å². The van der Waals surface area contributed by atoms with E-state index in [1.54, 1.807) is 0 Å². The normalized spacial score (nSPS) is 11.2. The highest BCUT2D eigenvalue weighted by Crippen LogP contribution is 2.18. The first-order valence-corrected chi connectivity index (χ1v) is 8.05. The molecule has 0 fully saturated rings. The largest absolute Gasteiger partial charge is 0.330 e. The Morgan fingerprint density at radius 3 is 2.32 bits per heavy atom. The van der Waals surface area contributed by atoms with Gasteiger partial charge in [0.2, 0.25) is 0 Å². The predicted octanol–water partition coefficient (Wildman–Crippen LogP) is 3.48. The van der Waals surface area contributed by atoms with E-state index in [1.165, 1.54) is 49.1 Å². The summed E-state index contributed by atoms with van der Waals surface area (Å²) in [5, 5.41) is 4.80. The summed E-state index contributed by atoms with van der Waals surface area (Å²) in [7, 11) is 0. The smallest absolute Gasteiger partial charge is 0.0657 e. The molecule has 0 saturated carbocycles. The third-order valence-corrected chi connectivity index (χ3v) is 3.79. The molecule has 2 N–H and O–H groups in total. The second-order valence-corrected chi connectivity index (χ2v) is 5.26. The molecule has 0 bridgehead atoms. The standard InChI is InChI=1S/C16H31N3/c1-4-7-8-9-10-13-19-16(6-3)14(11-12-17)15(5-2)18-19/h4-13,17H2,1-3H3. The molecule has 0 atom stereocenters. The van der Waals surface area contributed by atoms with Gasteiger partial charge >= 0.3 is 0 Å². The predicted molar refractivity (Wildman–Crippen MR) is 82.5 cm³/mol. The fourth-order valence-corrected chi connectivity index (χ4v) is 2.75. The third kappa shape index (κ3) is 4.64. The highest BCUT2D eigenvalue weighted by Gasteiger charge is 2.14. The van der Waals surface area contributed by atoms with Crippen molar-refractivity contribution in [3.8, 4) is 0 Å². The first-order valence-electron chi connectivity index (χ1n) is 8.05. The summed E-state index contributed by atoms with van der Waals surface area (Å²) < 4.78 is 2.25. The highest BCUT2D eigenvalue weighted by atomic mass is 15.3. The Bertz CT molecular complexity index is 355. The molecule has 1 heterocycles. The Labute approximate surface area is 118 Å². The van der Waals surface area contributed by atoms with E-state index in [0.29, 0.717) is 0 Å². The Morgan fingerprint density at radius 2 is 1.74 bits per heavy atom. The van der Waals surface area contributed by atoms with Crippen molar-refractivity contribution >= 4 is 0 Å². The van der Waals surface area contributed by atoms with Gasteiger partial charge in [0.25, 0.3) is 0 Å². The highest BCUT2D eigenvalue weighted by molar-refractivity contribution is 5.27. The zero-order valence-corrected chi connectivity index (χ0v) is 13.0. The Morgan fingerprint density at radius 1 is 1.00 bits per heavy atom. The molecule has 0 unspecified atom stereocenters. The number of hydrogen-bond acceptors (Lipinski definition) is 2.